The van der Waals surface area contributed by atoms with Crippen LogP contribution in [-0.4, -0.2) is 46.3 Å². The standard InChI is InChI=1S/C22H21N5O4/c1-29-18-4-3-5-19(30-2)21(18)31-13-20(28)24-12-15-6-8-16(9-7-15)17-10-11-23-22-25-14-26-27(17)22/h3-11,14H,12-13H2,1-2H3,(H,24,28). The fraction of sp³-hybridized carbons (Fsp3) is 0.182. The maximum absolute atomic E-state index is 12.3. The highest BCUT2D eigenvalue weighted by Gasteiger charge is 2.13. The molecule has 1 N–H and O–H groups in total. The molecule has 31 heavy (non-hydrogen) atoms. The number of fused-ring (bicyclic) bond motifs is 1. The van der Waals surface area contributed by atoms with Crippen LogP contribution >= 0.6 is 0 Å². The van der Waals surface area contributed by atoms with Gasteiger partial charge >= 0.3 is 0 Å². The molecule has 2 aromatic carbocycles. The number of para-hydroxylation sites is 1. The van der Waals surface area contributed by atoms with Crippen LogP contribution in [0.2, 0.25) is 0 Å². The fourth-order valence-electron chi connectivity index (χ4n) is 3.10. The van der Waals surface area contributed by atoms with E-state index in [0.29, 0.717) is 29.6 Å². The molecule has 0 spiro atoms. The average molecular weight is 419 g/mol. The second-order valence-electron chi connectivity index (χ2n) is 6.56. The van der Waals surface area contributed by atoms with Crippen molar-refractivity contribution in [3.8, 4) is 28.5 Å². The first-order valence-electron chi connectivity index (χ1n) is 9.54. The minimum Gasteiger partial charge on any atom is -0.493 e. The van der Waals surface area contributed by atoms with E-state index in [0.717, 1.165) is 16.8 Å². The van der Waals surface area contributed by atoms with Crippen molar-refractivity contribution in [2.45, 2.75) is 6.54 Å². The Morgan fingerprint density at radius 3 is 2.45 bits per heavy atom. The molecule has 0 saturated carbocycles. The third kappa shape index (κ3) is 4.40. The van der Waals surface area contributed by atoms with E-state index < -0.39 is 0 Å². The van der Waals surface area contributed by atoms with Gasteiger partial charge in [-0.3, -0.25) is 4.79 Å². The number of carbonyl (C=O) groups is 1. The third-order valence-electron chi connectivity index (χ3n) is 4.65. The molecule has 0 aliphatic heterocycles. The lowest BCUT2D eigenvalue weighted by Gasteiger charge is -2.14. The van der Waals surface area contributed by atoms with Gasteiger partial charge in [-0.25, -0.2) is 4.98 Å². The summed E-state index contributed by atoms with van der Waals surface area (Å²) in [6, 6.07) is 15.0. The minimum absolute atomic E-state index is 0.157. The van der Waals surface area contributed by atoms with E-state index >= 15 is 0 Å². The first kappa shape index (κ1) is 20.1. The minimum atomic E-state index is -0.254. The van der Waals surface area contributed by atoms with Crippen molar-refractivity contribution in [3.63, 3.8) is 0 Å². The van der Waals surface area contributed by atoms with Crippen LogP contribution in [0.15, 0.2) is 61.1 Å². The normalized spacial score (nSPS) is 10.6. The smallest absolute Gasteiger partial charge is 0.258 e. The SMILES string of the molecule is COc1cccc(OC)c1OCC(=O)NCc1ccc(-c2ccnc3ncnn23)cc1. The number of hydrogen-bond donors (Lipinski definition) is 1. The molecule has 4 rings (SSSR count). The Labute approximate surface area is 178 Å². The van der Waals surface area contributed by atoms with Gasteiger partial charge in [-0.2, -0.15) is 14.6 Å². The lowest BCUT2D eigenvalue weighted by molar-refractivity contribution is -0.123. The summed E-state index contributed by atoms with van der Waals surface area (Å²) in [6.07, 6.45) is 3.17. The van der Waals surface area contributed by atoms with Crippen LogP contribution in [0, 0.1) is 0 Å². The van der Waals surface area contributed by atoms with Crippen LogP contribution in [0.3, 0.4) is 0 Å². The predicted octanol–water partition coefficient (Wildman–Crippen LogP) is 2.50. The molecule has 0 saturated heterocycles. The molecule has 0 aliphatic rings. The van der Waals surface area contributed by atoms with Crippen molar-refractivity contribution in [2.24, 2.45) is 0 Å². The quantitative estimate of drug-likeness (QED) is 0.468. The second kappa shape index (κ2) is 9.12. The van der Waals surface area contributed by atoms with E-state index in [1.165, 1.54) is 20.5 Å². The Morgan fingerprint density at radius 1 is 1.00 bits per heavy atom. The molecule has 158 valence electrons. The first-order valence-corrected chi connectivity index (χ1v) is 9.54. The number of hydrogen-bond acceptors (Lipinski definition) is 7. The summed E-state index contributed by atoms with van der Waals surface area (Å²) >= 11 is 0. The summed E-state index contributed by atoms with van der Waals surface area (Å²) in [7, 11) is 3.07. The van der Waals surface area contributed by atoms with Gasteiger partial charge in [0.05, 0.1) is 19.9 Å². The van der Waals surface area contributed by atoms with Crippen LogP contribution in [0.25, 0.3) is 17.0 Å². The molecule has 0 radical (unpaired) electrons. The van der Waals surface area contributed by atoms with E-state index in [4.69, 9.17) is 14.2 Å². The van der Waals surface area contributed by atoms with Gasteiger partial charge in [0.25, 0.3) is 11.7 Å². The number of amides is 1. The van der Waals surface area contributed by atoms with Crippen LogP contribution in [0.5, 0.6) is 17.2 Å². The Hall–Kier alpha value is -4.14. The summed E-state index contributed by atoms with van der Waals surface area (Å²) in [4.78, 5) is 20.5. The molecule has 2 aromatic heterocycles. The molecule has 0 bridgehead atoms. The molecule has 9 nitrogen and oxygen atoms in total. The molecule has 4 aromatic rings. The maximum atomic E-state index is 12.3. The van der Waals surface area contributed by atoms with Gasteiger partial charge in [0.1, 0.15) is 6.33 Å². The van der Waals surface area contributed by atoms with Gasteiger partial charge in [-0.15, -0.1) is 0 Å². The van der Waals surface area contributed by atoms with E-state index in [2.05, 4.69) is 20.4 Å². The van der Waals surface area contributed by atoms with Crippen LogP contribution in [0.1, 0.15) is 5.56 Å². The lowest BCUT2D eigenvalue weighted by Crippen LogP contribution is -2.28. The summed E-state index contributed by atoms with van der Waals surface area (Å²) < 4.78 is 17.8. The molecule has 0 unspecified atom stereocenters. The zero-order valence-corrected chi connectivity index (χ0v) is 17.1. The van der Waals surface area contributed by atoms with E-state index in [1.54, 1.807) is 28.9 Å². The highest BCUT2D eigenvalue weighted by molar-refractivity contribution is 5.77. The number of carbonyl (C=O) groups excluding carboxylic acids is 1. The van der Waals surface area contributed by atoms with Gasteiger partial charge < -0.3 is 19.5 Å². The fourth-order valence-corrected chi connectivity index (χ4v) is 3.10. The van der Waals surface area contributed by atoms with Crippen molar-refractivity contribution in [1.82, 2.24) is 24.9 Å². The Balaban J connectivity index is 1.36. The molecular weight excluding hydrogens is 398 g/mol. The van der Waals surface area contributed by atoms with E-state index in [1.807, 2.05) is 30.3 Å². The molecule has 0 atom stereocenters. The van der Waals surface area contributed by atoms with Crippen molar-refractivity contribution in [2.75, 3.05) is 20.8 Å². The Bertz CT molecular complexity index is 1170. The monoisotopic (exact) mass is 419 g/mol. The average Bonchev–Trinajstić information content (AvgIpc) is 3.30. The molecule has 0 fully saturated rings. The first-order chi connectivity index (χ1) is 15.2. The van der Waals surface area contributed by atoms with Crippen molar-refractivity contribution in [3.05, 3.63) is 66.6 Å². The number of methoxy groups -OCH3 is 2. The van der Waals surface area contributed by atoms with E-state index in [-0.39, 0.29) is 12.5 Å². The zero-order valence-electron chi connectivity index (χ0n) is 17.1. The number of rotatable bonds is 8. The number of aromatic nitrogens is 4. The second-order valence-corrected chi connectivity index (χ2v) is 6.56. The summed E-state index contributed by atoms with van der Waals surface area (Å²) in [5, 5.41) is 7.05. The molecule has 9 heteroatoms. The van der Waals surface area contributed by atoms with Crippen molar-refractivity contribution in [1.29, 1.82) is 0 Å². The summed E-state index contributed by atoms with van der Waals surface area (Å²) in [6.45, 7) is 0.219. The van der Waals surface area contributed by atoms with E-state index in [9.17, 15) is 4.79 Å². The highest BCUT2D eigenvalue weighted by Crippen LogP contribution is 2.36. The molecule has 2 heterocycles. The maximum Gasteiger partial charge on any atom is 0.258 e. The van der Waals surface area contributed by atoms with Gasteiger partial charge in [0.2, 0.25) is 5.75 Å². The Morgan fingerprint density at radius 2 is 1.74 bits per heavy atom. The Kier molecular flexibility index (Phi) is 5.93. The third-order valence-corrected chi connectivity index (χ3v) is 4.65. The largest absolute Gasteiger partial charge is 0.493 e. The number of nitrogens with one attached hydrogen (secondary N) is 1. The number of ether oxygens (including phenoxy) is 3. The van der Waals surface area contributed by atoms with Gasteiger partial charge in [-0.05, 0) is 23.8 Å². The topological polar surface area (TPSA) is 99.9 Å². The van der Waals surface area contributed by atoms with Gasteiger partial charge in [0, 0.05) is 18.3 Å². The molecule has 1 amide bonds. The van der Waals surface area contributed by atoms with Crippen molar-refractivity contribution < 1.29 is 19.0 Å². The summed E-state index contributed by atoms with van der Waals surface area (Å²) in [5.74, 6) is 1.68. The summed E-state index contributed by atoms with van der Waals surface area (Å²) in [5.41, 5.74) is 2.81. The molecule has 0 aliphatic carbocycles. The lowest BCUT2D eigenvalue weighted by atomic mass is 10.1. The van der Waals surface area contributed by atoms with Gasteiger partial charge in [-0.1, -0.05) is 30.3 Å². The predicted molar refractivity (Wildman–Crippen MR) is 113 cm³/mol. The number of benzene rings is 2. The van der Waals surface area contributed by atoms with Gasteiger partial charge in [0.15, 0.2) is 18.1 Å². The van der Waals surface area contributed by atoms with Crippen LogP contribution in [0.4, 0.5) is 0 Å². The molecular formula is C22H21N5O4. The van der Waals surface area contributed by atoms with Crippen molar-refractivity contribution >= 4 is 11.7 Å². The number of nitrogens with zero attached hydrogens (tertiary/aromatic N) is 4. The zero-order chi connectivity index (χ0) is 21.6. The highest BCUT2D eigenvalue weighted by atomic mass is 16.5. The van der Waals surface area contributed by atoms with Crippen LogP contribution < -0.4 is 19.5 Å². The van der Waals surface area contributed by atoms with Crippen LogP contribution in [-0.2, 0) is 11.3 Å².